The maximum atomic E-state index is 12.7. The predicted molar refractivity (Wildman–Crippen MR) is 100 cm³/mol. The van der Waals surface area contributed by atoms with Crippen molar-refractivity contribution >= 4 is 11.8 Å². The summed E-state index contributed by atoms with van der Waals surface area (Å²) in [5, 5.41) is 3.16. The first-order valence-electron chi connectivity index (χ1n) is 10.3. The predicted octanol–water partition coefficient (Wildman–Crippen LogP) is 1.89. The average Bonchev–Trinajstić information content (AvgIpc) is 3.43. The molecule has 0 aromatic carbocycles. The van der Waals surface area contributed by atoms with Gasteiger partial charge >= 0.3 is 0 Å². The minimum Gasteiger partial charge on any atom is -0.445 e. The number of nitrogens with one attached hydrogen (secondary N) is 1. The topological polar surface area (TPSA) is 78.7 Å². The highest BCUT2D eigenvalue weighted by Gasteiger charge is 2.35. The number of likely N-dealkylation sites (tertiary alicyclic amines) is 2. The number of hydrogen-bond donors (Lipinski definition) is 1. The number of aryl methyl sites for hydroxylation is 2. The summed E-state index contributed by atoms with van der Waals surface area (Å²) in [5.74, 6) is 1.48. The zero-order valence-electron chi connectivity index (χ0n) is 16.4. The van der Waals surface area contributed by atoms with Crippen LogP contribution in [0.3, 0.4) is 0 Å². The zero-order valence-corrected chi connectivity index (χ0v) is 16.4. The number of carbonyl (C=O) groups is 2. The van der Waals surface area contributed by atoms with E-state index in [1.165, 1.54) is 0 Å². The van der Waals surface area contributed by atoms with Gasteiger partial charge in [0.1, 0.15) is 5.76 Å². The summed E-state index contributed by atoms with van der Waals surface area (Å²) in [5.41, 5.74) is 0.445. The quantitative estimate of drug-likeness (QED) is 0.871. The number of carbonyl (C=O) groups excluding carboxylic acids is 2. The number of piperidine rings is 2. The first kappa shape index (κ1) is 18.5. The van der Waals surface area contributed by atoms with Crippen LogP contribution in [0.25, 0.3) is 0 Å². The van der Waals surface area contributed by atoms with E-state index >= 15 is 0 Å². The summed E-state index contributed by atoms with van der Waals surface area (Å²) in [6, 6.07) is 0.900. The van der Waals surface area contributed by atoms with Gasteiger partial charge in [0.15, 0.2) is 11.6 Å². The van der Waals surface area contributed by atoms with E-state index in [1.54, 1.807) is 13.8 Å². The van der Waals surface area contributed by atoms with Gasteiger partial charge in [0, 0.05) is 38.6 Å². The second kappa shape index (κ2) is 7.62. The van der Waals surface area contributed by atoms with E-state index in [9.17, 15) is 9.59 Å². The maximum absolute atomic E-state index is 12.7. The normalized spacial score (nSPS) is 24.8. The summed E-state index contributed by atoms with van der Waals surface area (Å²) < 4.78 is 5.40. The van der Waals surface area contributed by atoms with Gasteiger partial charge < -0.3 is 14.6 Å². The van der Waals surface area contributed by atoms with Crippen molar-refractivity contribution in [3.63, 3.8) is 0 Å². The molecular weight excluding hydrogens is 344 g/mol. The average molecular weight is 374 g/mol. The molecule has 3 aliphatic rings. The second-order valence-electron chi connectivity index (χ2n) is 8.28. The van der Waals surface area contributed by atoms with Crippen LogP contribution >= 0.6 is 0 Å². The van der Waals surface area contributed by atoms with Gasteiger partial charge in [-0.2, -0.15) is 0 Å². The van der Waals surface area contributed by atoms with Gasteiger partial charge in [0.05, 0.1) is 5.92 Å². The summed E-state index contributed by atoms with van der Waals surface area (Å²) in [7, 11) is 0. The van der Waals surface area contributed by atoms with Crippen LogP contribution in [-0.4, -0.2) is 64.9 Å². The van der Waals surface area contributed by atoms with Crippen molar-refractivity contribution < 1.29 is 14.0 Å². The van der Waals surface area contributed by atoms with Crippen molar-refractivity contribution in [3.05, 3.63) is 17.3 Å². The number of rotatable bonds is 4. The molecule has 27 heavy (non-hydrogen) atoms. The minimum absolute atomic E-state index is 0.0249. The van der Waals surface area contributed by atoms with E-state index in [2.05, 4.69) is 15.2 Å². The van der Waals surface area contributed by atoms with Crippen LogP contribution in [0, 0.1) is 19.8 Å². The number of amides is 2. The molecule has 1 aliphatic carbocycles. The molecule has 4 rings (SSSR count). The number of oxazole rings is 1. The maximum Gasteiger partial charge on any atom is 0.276 e. The van der Waals surface area contributed by atoms with Gasteiger partial charge in [0.25, 0.3) is 5.91 Å². The Morgan fingerprint density at radius 3 is 2.44 bits per heavy atom. The molecule has 1 atom stereocenters. The highest BCUT2D eigenvalue weighted by molar-refractivity contribution is 5.93. The van der Waals surface area contributed by atoms with Gasteiger partial charge in [-0.05, 0) is 52.0 Å². The Kier molecular flexibility index (Phi) is 5.21. The Morgan fingerprint density at radius 1 is 1.07 bits per heavy atom. The van der Waals surface area contributed by atoms with Gasteiger partial charge in [-0.3, -0.25) is 14.5 Å². The third kappa shape index (κ3) is 4.18. The molecule has 148 valence electrons. The Bertz CT molecular complexity index is 704. The molecule has 3 heterocycles. The lowest BCUT2D eigenvalue weighted by molar-refractivity contribution is -0.127. The molecule has 0 bridgehead atoms. The van der Waals surface area contributed by atoms with E-state index in [0.29, 0.717) is 29.4 Å². The second-order valence-corrected chi connectivity index (χ2v) is 8.28. The van der Waals surface area contributed by atoms with Crippen molar-refractivity contribution in [3.8, 4) is 0 Å². The van der Waals surface area contributed by atoms with E-state index in [4.69, 9.17) is 4.42 Å². The monoisotopic (exact) mass is 374 g/mol. The standard InChI is InChI=1S/C20H30N4O3/c1-13-18(21-14(2)27-13)20(26)23-10-7-17(8-11-23)24-9-3-4-15(12-24)19(25)22-16-5-6-16/h15-17H,3-12H2,1-2H3,(H,22,25)/t15-/m0/s1. The molecule has 0 unspecified atom stereocenters. The molecule has 2 amide bonds. The van der Waals surface area contributed by atoms with Crippen LogP contribution in [0.5, 0.6) is 0 Å². The van der Waals surface area contributed by atoms with Crippen LogP contribution in [-0.2, 0) is 4.79 Å². The van der Waals surface area contributed by atoms with Crippen molar-refractivity contribution in [1.29, 1.82) is 0 Å². The van der Waals surface area contributed by atoms with E-state index in [-0.39, 0.29) is 17.7 Å². The summed E-state index contributed by atoms with van der Waals surface area (Å²) in [4.78, 5) is 33.7. The molecule has 2 saturated heterocycles. The molecular formula is C20H30N4O3. The largest absolute Gasteiger partial charge is 0.445 e. The lowest BCUT2D eigenvalue weighted by Gasteiger charge is -2.42. The smallest absolute Gasteiger partial charge is 0.276 e. The number of aromatic nitrogens is 1. The zero-order chi connectivity index (χ0) is 19.0. The number of nitrogens with zero attached hydrogens (tertiary/aromatic N) is 3. The van der Waals surface area contributed by atoms with Crippen LogP contribution in [0.1, 0.15) is 60.7 Å². The summed E-state index contributed by atoms with van der Waals surface area (Å²) in [6.45, 7) is 6.96. The van der Waals surface area contributed by atoms with Gasteiger partial charge in [-0.25, -0.2) is 4.98 Å². The lowest BCUT2D eigenvalue weighted by Crippen LogP contribution is -2.51. The van der Waals surface area contributed by atoms with Crippen LogP contribution in [0.4, 0.5) is 0 Å². The molecule has 1 aromatic rings. The molecule has 3 fully saturated rings. The highest BCUT2D eigenvalue weighted by Crippen LogP contribution is 2.26. The molecule has 7 heteroatoms. The Labute approximate surface area is 160 Å². The molecule has 1 saturated carbocycles. The van der Waals surface area contributed by atoms with Gasteiger partial charge in [-0.1, -0.05) is 0 Å². The Balaban J connectivity index is 1.30. The van der Waals surface area contributed by atoms with Crippen molar-refractivity contribution in [2.45, 2.75) is 64.5 Å². The fourth-order valence-electron chi connectivity index (χ4n) is 4.41. The molecule has 2 aliphatic heterocycles. The first-order chi connectivity index (χ1) is 13.0. The molecule has 1 N–H and O–H groups in total. The highest BCUT2D eigenvalue weighted by atomic mass is 16.4. The van der Waals surface area contributed by atoms with Crippen molar-refractivity contribution in [2.24, 2.45) is 5.92 Å². The van der Waals surface area contributed by atoms with Crippen LogP contribution in [0.2, 0.25) is 0 Å². The summed E-state index contributed by atoms with van der Waals surface area (Å²) in [6.07, 6.45) is 6.27. The van der Waals surface area contributed by atoms with Crippen molar-refractivity contribution in [2.75, 3.05) is 26.2 Å². The Hall–Kier alpha value is -1.89. The van der Waals surface area contributed by atoms with Gasteiger partial charge in [0.2, 0.25) is 5.91 Å². The fourth-order valence-corrected chi connectivity index (χ4v) is 4.41. The van der Waals surface area contributed by atoms with E-state index in [1.807, 2.05) is 4.90 Å². The number of hydrogen-bond acceptors (Lipinski definition) is 5. The van der Waals surface area contributed by atoms with E-state index in [0.717, 1.165) is 64.7 Å². The SMILES string of the molecule is Cc1nc(C(=O)N2CCC(N3CCC[C@H](C(=O)NC4CC4)C3)CC2)c(C)o1. The fraction of sp³-hybridized carbons (Fsp3) is 0.750. The first-order valence-corrected chi connectivity index (χ1v) is 10.3. The van der Waals surface area contributed by atoms with E-state index < -0.39 is 0 Å². The minimum atomic E-state index is -0.0249. The lowest BCUT2D eigenvalue weighted by atomic mass is 9.93. The summed E-state index contributed by atoms with van der Waals surface area (Å²) >= 11 is 0. The van der Waals surface area contributed by atoms with Crippen molar-refractivity contribution in [1.82, 2.24) is 20.1 Å². The van der Waals surface area contributed by atoms with Crippen LogP contribution in [0.15, 0.2) is 4.42 Å². The molecule has 0 radical (unpaired) electrons. The molecule has 1 aromatic heterocycles. The third-order valence-corrected chi connectivity index (χ3v) is 6.12. The van der Waals surface area contributed by atoms with Crippen LogP contribution < -0.4 is 5.32 Å². The third-order valence-electron chi connectivity index (χ3n) is 6.12. The van der Waals surface area contributed by atoms with Gasteiger partial charge in [-0.15, -0.1) is 0 Å². The Morgan fingerprint density at radius 2 is 1.81 bits per heavy atom. The molecule has 0 spiro atoms. The molecule has 7 nitrogen and oxygen atoms in total.